The Morgan fingerprint density at radius 3 is 2.71 bits per heavy atom. The molecule has 1 N–H and O–H groups in total. The van der Waals surface area contributed by atoms with Crippen LogP contribution in [0.15, 0.2) is 23.1 Å². The number of nitrogens with one attached hydrogen (secondary N) is 1. The number of nitrogens with zero attached hydrogens (tertiary/aromatic N) is 3. The number of sulfonamides is 1. The molecule has 0 amide bonds. The van der Waals surface area contributed by atoms with Crippen molar-refractivity contribution in [3.8, 4) is 0 Å². The molecule has 0 aliphatic carbocycles. The predicted molar refractivity (Wildman–Crippen MR) is 92.2 cm³/mol. The number of hydrogen-bond acceptors (Lipinski definition) is 4. The molecule has 1 aliphatic rings. The largest absolute Gasteiger partial charge is 0.314 e. The van der Waals surface area contributed by atoms with Crippen LogP contribution in [-0.2, 0) is 23.0 Å². The summed E-state index contributed by atoms with van der Waals surface area (Å²) in [7, 11) is -3.60. The Morgan fingerprint density at radius 2 is 1.96 bits per heavy atom. The van der Waals surface area contributed by atoms with Crippen LogP contribution in [0.4, 0.5) is 0 Å². The molecule has 0 saturated heterocycles. The monoisotopic (exact) mass is 348 g/mol. The molecule has 0 saturated carbocycles. The Morgan fingerprint density at radius 1 is 1.17 bits per heavy atom. The SMILES string of the molecule is Cc1ccc(S(=O)(=O)N[C@@H](C)c2nnc3n2CCCCC3)c(C)c1. The first-order chi connectivity index (χ1) is 11.4. The van der Waals surface area contributed by atoms with Gasteiger partial charge in [0.25, 0.3) is 0 Å². The maximum atomic E-state index is 12.7. The van der Waals surface area contributed by atoms with E-state index < -0.39 is 16.1 Å². The summed E-state index contributed by atoms with van der Waals surface area (Å²) in [5, 5.41) is 8.49. The molecule has 2 heterocycles. The molecule has 1 aromatic carbocycles. The van der Waals surface area contributed by atoms with Crippen molar-refractivity contribution in [2.24, 2.45) is 0 Å². The Hall–Kier alpha value is -1.73. The smallest absolute Gasteiger partial charge is 0.241 e. The Balaban J connectivity index is 1.86. The molecule has 0 bridgehead atoms. The van der Waals surface area contributed by atoms with Gasteiger partial charge in [-0.05, 0) is 45.2 Å². The minimum atomic E-state index is -3.60. The van der Waals surface area contributed by atoms with Crippen LogP contribution in [0.3, 0.4) is 0 Å². The van der Waals surface area contributed by atoms with Crippen molar-refractivity contribution in [1.82, 2.24) is 19.5 Å². The van der Waals surface area contributed by atoms with Gasteiger partial charge >= 0.3 is 0 Å². The highest BCUT2D eigenvalue weighted by Crippen LogP contribution is 2.22. The van der Waals surface area contributed by atoms with E-state index in [1.807, 2.05) is 32.9 Å². The number of aromatic nitrogens is 3. The first-order valence-corrected chi connectivity index (χ1v) is 9.88. The summed E-state index contributed by atoms with van der Waals surface area (Å²) >= 11 is 0. The molecule has 1 aliphatic heterocycles. The van der Waals surface area contributed by atoms with Crippen molar-refractivity contribution in [2.45, 2.75) is 63.9 Å². The van der Waals surface area contributed by atoms with E-state index in [0.717, 1.165) is 42.8 Å². The first kappa shape index (κ1) is 17.1. The number of rotatable bonds is 4. The van der Waals surface area contributed by atoms with E-state index in [2.05, 4.69) is 19.5 Å². The van der Waals surface area contributed by atoms with Crippen LogP contribution >= 0.6 is 0 Å². The highest BCUT2D eigenvalue weighted by atomic mass is 32.2. The second-order valence-electron chi connectivity index (χ2n) is 6.55. The van der Waals surface area contributed by atoms with E-state index in [1.165, 1.54) is 6.42 Å². The second kappa shape index (κ2) is 6.64. The van der Waals surface area contributed by atoms with Gasteiger partial charge in [-0.2, -0.15) is 0 Å². The summed E-state index contributed by atoms with van der Waals surface area (Å²) in [6, 6.07) is 4.93. The van der Waals surface area contributed by atoms with Crippen LogP contribution < -0.4 is 4.72 Å². The fourth-order valence-corrected chi connectivity index (χ4v) is 4.71. The second-order valence-corrected chi connectivity index (χ2v) is 8.23. The zero-order chi connectivity index (χ0) is 17.3. The molecule has 6 nitrogen and oxygen atoms in total. The topological polar surface area (TPSA) is 76.9 Å². The Bertz CT molecular complexity index is 842. The molecule has 7 heteroatoms. The third-order valence-corrected chi connectivity index (χ3v) is 6.18. The van der Waals surface area contributed by atoms with Gasteiger partial charge in [0.15, 0.2) is 5.82 Å². The van der Waals surface area contributed by atoms with E-state index >= 15 is 0 Å². The predicted octanol–water partition coefficient (Wildman–Crippen LogP) is 2.66. The molecule has 24 heavy (non-hydrogen) atoms. The summed E-state index contributed by atoms with van der Waals surface area (Å²) in [6.07, 6.45) is 4.27. The molecule has 0 radical (unpaired) electrons. The highest BCUT2D eigenvalue weighted by Gasteiger charge is 2.25. The number of fused-ring (bicyclic) bond motifs is 1. The molecular weight excluding hydrogens is 324 g/mol. The van der Waals surface area contributed by atoms with Gasteiger partial charge in [-0.3, -0.25) is 0 Å². The molecule has 3 rings (SSSR count). The summed E-state index contributed by atoms with van der Waals surface area (Å²) in [4.78, 5) is 0.315. The standard InChI is InChI=1S/C17H24N4O2S/c1-12-8-9-15(13(2)11-12)24(22,23)20-14(3)17-19-18-16-7-5-4-6-10-21(16)17/h8-9,11,14,20H,4-7,10H2,1-3H3/t14-/m0/s1. The third kappa shape index (κ3) is 3.37. The molecule has 2 aromatic rings. The lowest BCUT2D eigenvalue weighted by molar-refractivity contribution is 0.533. The zero-order valence-electron chi connectivity index (χ0n) is 14.4. The summed E-state index contributed by atoms with van der Waals surface area (Å²) in [6.45, 7) is 6.44. The van der Waals surface area contributed by atoms with E-state index in [-0.39, 0.29) is 0 Å². The molecular formula is C17H24N4O2S. The molecule has 1 atom stereocenters. The summed E-state index contributed by atoms with van der Waals surface area (Å²) in [5.74, 6) is 1.65. The Kier molecular flexibility index (Phi) is 4.73. The lowest BCUT2D eigenvalue weighted by Crippen LogP contribution is -2.29. The van der Waals surface area contributed by atoms with Crippen LogP contribution in [0.5, 0.6) is 0 Å². The number of benzene rings is 1. The number of hydrogen-bond donors (Lipinski definition) is 1. The fraction of sp³-hybridized carbons (Fsp3) is 0.529. The van der Waals surface area contributed by atoms with Gasteiger partial charge in [0.1, 0.15) is 5.82 Å². The van der Waals surface area contributed by atoms with Gasteiger partial charge in [-0.25, -0.2) is 13.1 Å². The average Bonchev–Trinajstić information content (AvgIpc) is 2.75. The van der Waals surface area contributed by atoms with Gasteiger partial charge in [-0.15, -0.1) is 10.2 Å². The molecule has 130 valence electrons. The van der Waals surface area contributed by atoms with Crippen molar-refractivity contribution in [3.63, 3.8) is 0 Å². The lowest BCUT2D eigenvalue weighted by Gasteiger charge is -2.16. The van der Waals surface area contributed by atoms with E-state index in [9.17, 15) is 8.42 Å². The first-order valence-electron chi connectivity index (χ1n) is 8.40. The van der Waals surface area contributed by atoms with Crippen molar-refractivity contribution in [3.05, 3.63) is 41.0 Å². The van der Waals surface area contributed by atoms with Gasteiger partial charge in [-0.1, -0.05) is 24.1 Å². The minimum Gasteiger partial charge on any atom is -0.314 e. The highest BCUT2D eigenvalue weighted by molar-refractivity contribution is 7.89. The average molecular weight is 348 g/mol. The van der Waals surface area contributed by atoms with Crippen LogP contribution in [0.2, 0.25) is 0 Å². The van der Waals surface area contributed by atoms with E-state index in [4.69, 9.17) is 0 Å². The van der Waals surface area contributed by atoms with Gasteiger partial charge in [0.2, 0.25) is 10.0 Å². The van der Waals surface area contributed by atoms with Gasteiger partial charge in [0, 0.05) is 13.0 Å². The van der Waals surface area contributed by atoms with Crippen molar-refractivity contribution in [1.29, 1.82) is 0 Å². The van der Waals surface area contributed by atoms with Gasteiger partial charge in [0.05, 0.1) is 10.9 Å². The molecule has 0 spiro atoms. The van der Waals surface area contributed by atoms with Crippen LogP contribution in [0.25, 0.3) is 0 Å². The quantitative estimate of drug-likeness (QED) is 0.921. The van der Waals surface area contributed by atoms with Gasteiger partial charge < -0.3 is 4.57 Å². The normalized spacial score (nSPS) is 16.5. The maximum absolute atomic E-state index is 12.7. The van der Waals surface area contributed by atoms with Crippen molar-refractivity contribution < 1.29 is 8.42 Å². The van der Waals surface area contributed by atoms with Crippen LogP contribution in [-0.4, -0.2) is 23.2 Å². The molecule has 0 unspecified atom stereocenters. The fourth-order valence-electron chi connectivity index (χ4n) is 3.28. The van der Waals surface area contributed by atoms with E-state index in [0.29, 0.717) is 10.7 Å². The molecule has 0 fully saturated rings. The Labute approximate surface area is 143 Å². The third-order valence-electron chi connectivity index (χ3n) is 4.48. The lowest BCUT2D eigenvalue weighted by atomic mass is 10.2. The summed E-state index contributed by atoms with van der Waals surface area (Å²) in [5.41, 5.74) is 1.79. The minimum absolute atomic E-state index is 0.315. The molecule has 1 aromatic heterocycles. The maximum Gasteiger partial charge on any atom is 0.241 e. The van der Waals surface area contributed by atoms with Crippen LogP contribution in [0, 0.1) is 13.8 Å². The van der Waals surface area contributed by atoms with E-state index in [1.54, 1.807) is 6.07 Å². The van der Waals surface area contributed by atoms with Crippen molar-refractivity contribution in [2.75, 3.05) is 0 Å². The van der Waals surface area contributed by atoms with Crippen molar-refractivity contribution >= 4 is 10.0 Å². The number of aryl methyl sites for hydroxylation is 3. The summed E-state index contributed by atoms with van der Waals surface area (Å²) < 4.78 is 30.3. The zero-order valence-corrected chi connectivity index (χ0v) is 15.2. The van der Waals surface area contributed by atoms with Crippen LogP contribution in [0.1, 0.15) is 55.0 Å².